The number of methoxy groups -OCH3 is 1. The van der Waals surface area contributed by atoms with E-state index in [2.05, 4.69) is 0 Å². The van der Waals surface area contributed by atoms with Crippen molar-refractivity contribution in [1.82, 2.24) is 14.7 Å². The molecule has 40 heavy (non-hydrogen) atoms. The number of hydrogen-bond acceptors (Lipinski definition) is 7. The molecule has 1 aromatic rings. The number of nitrogens with zero attached hydrogens (tertiary/aromatic N) is 3. The van der Waals surface area contributed by atoms with E-state index >= 15 is 0 Å². The van der Waals surface area contributed by atoms with Gasteiger partial charge in [0.2, 0.25) is 11.8 Å². The molecule has 0 aromatic heterocycles. The van der Waals surface area contributed by atoms with Crippen LogP contribution in [0.5, 0.6) is 5.75 Å². The molecule has 0 spiro atoms. The van der Waals surface area contributed by atoms with Crippen LogP contribution in [0.1, 0.15) is 57.9 Å². The van der Waals surface area contributed by atoms with Crippen LogP contribution in [0.4, 0.5) is 4.79 Å². The second kappa shape index (κ2) is 13.2. The summed E-state index contributed by atoms with van der Waals surface area (Å²) in [4.78, 5) is 58.7. The van der Waals surface area contributed by atoms with Gasteiger partial charge in [0.1, 0.15) is 11.2 Å². The molecular weight excluding hydrogens is 514 g/mol. The smallest absolute Gasteiger partial charge is 0.409 e. The number of carbonyl (C=O) groups excluding carboxylic acids is 4. The molecule has 2 saturated heterocycles. The molecule has 10 heteroatoms. The number of amides is 3. The van der Waals surface area contributed by atoms with Crippen LogP contribution in [-0.4, -0.2) is 85.1 Å². The van der Waals surface area contributed by atoms with Crippen molar-refractivity contribution in [3.8, 4) is 5.75 Å². The Kier molecular flexibility index (Phi) is 9.71. The van der Waals surface area contributed by atoms with Gasteiger partial charge < -0.3 is 28.9 Å². The first kappa shape index (κ1) is 29.4. The van der Waals surface area contributed by atoms with Gasteiger partial charge in [-0.1, -0.05) is 31.1 Å². The summed E-state index contributed by atoms with van der Waals surface area (Å²) in [6, 6.07) is 7.50. The molecule has 2 heterocycles. The quantitative estimate of drug-likeness (QED) is 0.450. The highest BCUT2D eigenvalue weighted by atomic mass is 16.6. The Morgan fingerprint density at radius 2 is 1.60 bits per heavy atom. The Hall–Kier alpha value is -3.56. The summed E-state index contributed by atoms with van der Waals surface area (Å²) in [5, 5.41) is 0. The van der Waals surface area contributed by atoms with Crippen LogP contribution in [-0.2, 0) is 30.4 Å². The topological polar surface area (TPSA) is 106 Å². The van der Waals surface area contributed by atoms with Crippen LogP contribution >= 0.6 is 0 Å². The lowest BCUT2D eigenvalue weighted by atomic mass is 9.69. The Morgan fingerprint density at radius 3 is 2.25 bits per heavy atom. The van der Waals surface area contributed by atoms with Crippen LogP contribution < -0.4 is 4.74 Å². The van der Waals surface area contributed by atoms with E-state index in [1.54, 1.807) is 35.7 Å². The molecule has 0 unspecified atom stereocenters. The Balaban J connectivity index is 1.62. The summed E-state index contributed by atoms with van der Waals surface area (Å²) in [5.41, 5.74) is 0.357. The van der Waals surface area contributed by atoms with Gasteiger partial charge in [0.15, 0.2) is 0 Å². The first-order valence-electron chi connectivity index (χ1n) is 14.4. The first-order chi connectivity index (χ1) is 19.3. The molecule has 0 saturated carbocycles. The molecule has 0 N–H and O–H groups in total. The largest absolute Gasteiger partial charge is 0.497 e. The molecular formula is C30H41N3O7. The van der Waals surface area contributed by atoms with E-state index in [1.165, 1.54) is 0 Å². The lowest BCUT2D eigenvalue weighted by Crippen LogP contribution is -2.51. The van der Waals surface area contributed by atoms with Gasteiger partial charge >= 0.3 is 12.1 Å². The number of rotatable bonds is 8. The highest BCUT2D eigenvalue weighted by Crippen LogP contribution is 2.53. The zero-order chi connectivity index (χ0) is 28.7. The van der Waals surface area contributed by atoms with Crippen LogP contribution in [0.2, 0.25) is 0 Å². The van der Waals surface area contributed by atoms with Crippen molar-refractivity contribution in [2.24, 2.45) is 11.3 Å². The third-order valence-corrected chi connectivity index (χ3v) is 8.20. The van der Waals surface area contributed by atoms with Gasteiger partial charge in [0, 0.05) is 38.3 Å². The molecule has 1 aromatic carbocycles. The molecule has 2 fully saturated rings. The molecule has 10 nitrogen and oxygen atoms in total. The molecule has 0 bridgehead atoms. The third kappa shape index (κ3) is 5.95. The number of hydrogen-bond donors (Lipinski definition) is 0. The van der Waals surface area contributed by atoms with Gasteiger partial charge in [0.25, 0.3) is 0 Å². The van der Waals surface area contributed by atoms with Crippen LogP contribution in [0.15, 0.2) is 36.0 Å². The number of likely N-dealkylation sites (tertiary alicyclic amines) is 1. The van der Waals surface area contributed by atoms with Crippen molar-refractivity contribution < 1.29 is 33.4 Å². The number of carbonyl (C=O) groups is 4. The summed E-state index contributed by atoms with van der Waals surface area (Å²) in [7, 11) is 1.60. The summed E-state index contributed by atoms with van der Waals surface area (Å²) < 4.78 is 16.0. The van der Waals surface area contributed by atoms with E-state index in [0.29, 0.717) is 57.2 Å². The molecule has 1 aliphatic carbocycles. The van der Waals surface area contributed by atoms with Crippen LogP contribution in [0.3, 0.4) is 0 Å². The molecule has 218 valence electrons. The number of ether oxygens (including phenoxy) is 3. The van der Waals surface area contributed by atoms with Crippen LogP contribution in [0.25, 0.3) is 0 Å². The van der Waals surface area contributed by atoms with Gasteiger partial charge in [-0.2, -0.15) is 0 Å². The zero-order valence-electron chi connectivity index (χ0n) is 23.9. The second-order valence-corrected chi connectivity index (χ2v) is 10.5. The summed E-state index contributed by atoms with van der Waals surface area (Å²) >= 11 is 0. The van der Waals surface area contributed by atoms with Gasteiger partial charge in [0.05, 0.1) is 32.8 Å². The minimum atomic E-state index is -1.21. The number of benzene rings is 1. The predicted octanol–water partition coefficient (Wildman–Crippen LogP) is 3.74. The Morgan fingerprint density at radius 1 is 0.925 bits per heavy atom. The summed E-state index contributed by atoms with van der Waals surface area (Å²) in [5.74, 6) is -0.994. The average molecular weight is 556 g/mol. The molecule has 0 radical (unpaired) electrons. The van der Waals surface area contributed by atoms with Crippen LogP contribution in [0, 0.1) is 11.3 Å². The highest BCUT2D eigenvalue weighted by molar-refractivity contribution is 5.98. The summed E-state index contributed by atoms with van der Waals surface area (Å²) in [6.07, 6.45) is 5.42. The van der Waals surface area contributed by atoms with Crippen molar-refractivity contribution in [1.29, 1.82) is 0 Å². The predicted molar refractivity (Wildman–Crippen MR) is 147 cm³/mol. The van der Waals surface area contributed by atoms with E-state index in [9.17, 15) is 19.2 Å². The summed E-state index contributed by atoms with van der Waals surface area (Å²) in [6.45, 7) is 5.71. The van der Waals surface area contributed by atoms with Gasteiger partial charge in [-0.25, -0.2) is 4.79 Å². The van der Waals surface area contributed by atoms with E-state index in [1.807, 2.05) is 30.3 Å². The van der Waals surface area contributed by atoms with E-state index in [4.69, 9.17) is 14.2 Å². The molecule has 4 rings (SSSR count). The fraction of sp³-hybridized carbons (Fsp3) is 0.600. The van der Waals surface area contributed by atoms with E-state index in [0.717, 1.165) is 31.2 Å². The van der Waals surface area contributed by atoms with E-state index < -0.39 is 17.3 Å². The van der Waals surface area contributed by atoms with Crippen molar-refractivity contribution in [3.63, 3.8) is 0 Å². The van der Waals surface area contributed by atoms with E-state index in [-0.39, 0.29) is 30.9 Å². The molecule has 2 aliphatic heterocycles. The monoisotopic (exact) mass is 555 g/mol. The fourth-order valence-corrected chi connectivity index (χ4v) is 6.10. The standard InChI is InChI=1S/C30H41N3O7/c1-4-39-28(36)30-15-9-7-6-8-10-25(30)33(21-22-11-13-23(38-3)14-12-22)27(35)24(30)20-26(34)31-16-18-32(19-17-31)29(37)40-5-2/h10-14,24H,4-9,15-21H2,1-3H3/b25-10+/t24-,30+/m1/s1. The number of allylic oxidation sites excluding steroid dienone is 1. The van der Waals surface area contributed by atoms with Gasteiger partial charge in [-0.15, -0.1) is 0 Å². The minimum Gasteiger partial charge on any atom is -0.497 e. The zero-order valence-corrected chi connectivity index (χ0v) is 23.9. The number of esters is 1. The SMILES string of the molecule is CCOC(=O)N1CCN(C(=O)C[C@@H]2C(=O)N(Cc3ccc(OC)cc3)/C3=C/CCCCC[C@@]32C(=O)OCC)CC1. The van der Waals surface area contributed by atoms with Gasteiger partial charge in [-0.3, -0.25) is 14.4 Å². The van der Waals surface area contributed by atoms with Crippen molar-refractivity contribution in [2.75, 3.05) is 46.5 Å². The second-order valence-electron chi connectivity index (χ2n) is 10.5. The number of fused-ring (bicyclic) bond motifs is 1. The highest BCUT2D eigenvalue weighted by Gasteiger charge is 2.61. The molecule has 2 atom stereocenters. The maximum absolute atomic E-state index is 14.2. The maximum Gasteiger partial charge on any atom is 0.409 e. The fourth-order valence-electron chi connectivity index (χ4n) is 6.10. The maximum atomic E-state index is 14.2. The number of piperazine rings is 1. The average Bonchev–Trinajstić information content (AvgIpc) is 3.15. The Labute approximate surface area is 236 Å². The minimum absolute atomic E-state index is 0.0898. The van der Waals surface area contributed by atoms with Crippen molar-refractivity contribution >= 4 is 23.9 Å². The van der Waals surface area contributed by atoms with Gasteiger partial charge in [-0.05, 0) is 50.8 Å². The third-order valence-electron chi connectivity index (χ3n) is 8.20. The molecule has 3 amide bonds. The molecule has 3 aliphatic rings. The Bertz CT molecular complexity index is 1110. The van der Waals surface area contributed by atoms with Crippen molar-refractivity contribution in [2.45, 2.75) is 58.9 Å². The first-order valence-corrected chi connectivity index (χ1v) is 14.4. The van der Waals surface area contributed by atoms with Crippen molar-refractivity contribution in [3.05, 3.63) is 41.6 Å². The normalized spacial score (nSPS) is 24.4. The lowest BCUT2D eigenvalue weighted by molar-refractivity contribution is -0.158. The lowest BCUT2D eigenvalue weighted by Gasteiger charge is -2.36.